The molecular weight excluding hydrogens is 238 g/mol. The highest BCUT2D eigenvalue weighted by molar-refractivity contribution is 5.79. The summed E-state index contributed by atoms with van der Waals surface area (Å²) in [5.41, 5.74) is 1.34. The van der Waals surface area contributed by atoms with Gasteiger partial charge in [-0.2, -0.15) is 0 Å². The number of nitrogens with one attached hydrogen (secondary N) is 1. The predicted octanol–water partition coefficient (Wildman–Crippen LogP) is 2.33. The third-order valence-corrected chi connectivity index (χ3v) is 3.18. The number of hydrogen-bond donors (Lipinski definition) is 1. The van der Waals surface area contributed by atoms with E-state index >= 15 is 0 Å². The van der Waals surface area contributed by atoms with Crippen molar-refractivity contribution >= 4 is 5.96 Å². The van der Waals surface area contributed by atoms with Crippen LogP contribution in [-0.4, -0.2) is 45.7 Å². The second kappa shape index (κ2) is 7.67. The van der Waals surface area contributed by atoms with Gasteiger partial charge in [-0.3, -0.25) is 4.99 Å². The molecule has 1 unspecified atom stereocenters. The molecule has 19 heavy (non-hydrogen) atoms. The Bertz CT molecular complexity index is 398. The Kier molecular flexibility index (Phi) is 6.19. The quantitative estimate of drug-likeness (QED) is 0.654. The van der Waals surface area contributed by atoms with Gasteiger partial charge in [0, 0.05) is 27.7 Å². The largest absolute Gasteiger partial charge is 0.497 e. The van der Waals surface area contributed by atoms with Crippen LogP contribution in [0.4, 0.5) is 0 Å². The van der Waals surface area contributed by atoms with Crippen LogP contribution in [0.3, 0.4) is 0 Å². The summed E-state index contributed by atoms with van der Waals surface area (Å²) in [7, 11) is 7.47. The van der Waals surface area contributed by atoms with Gasteiger partial charge in [0.05, 0.1) is 7.11 Å². The number of rotatable bonds is 5. The molecule has 0 aliphatic carbocycles. The number of benzene rings is 1. The van der Waals surface area contributed by atoms with Gasteiger partial charge in [0.1, 0.15) is 5.75 Å². The Morgan fingerprint density at radius 2 is 1.95 bits per heavy atom. The lowest BCUT2D eigenvalue weighted by Crippen LogP contribution is -2.37. The molecule has 106 valence electrons. The van der Waals surface area contributed by atoms with Crippen molar-refractivity contribution in [3.63, 3.8) is 0 Å². The summed E-state index contributed by atoms with van der Waals surface area (Å²) in [6.07, 6.45) is 1.07. The molecule has 0 bridgehead atoms. The number of methoxy groups -OCH3 is 1. The van der Waals surface area contributed by atoms with Crippen molar-refractivity contribution in [3.05, 3.63) is 29.8 Å². The fraction of sp³-hybridized carbons (Fsp3) is 0.533. The zero-order chi connectivity index (χ0) is 14.3. The first-order valence-electron chi connectivity index (χ1n) is 6.60. The monoisotopic (exact) mass is 263 g/mol. The summed E-state index contributed by atoms with van der Waals surface area (Å²) in [6, 6.07) is 8.28. The van der Waals surface area contributed by atoms with Crippen LogP contribution in [-0.2, 0) is 0 Å². The van der Waals surface area contributed by atoms with Crippen molar-refractivity contribution in [2.24, 2.45) is 4.99 Å². The number of nitrogens with zero attached hydrogens (tertiary/aromatic N) is 2. The molecule has 1 atom stereocenters. The summed E-state index contributed by atoms with van der Waals surface area (Å²) in [5, 5.41) is 3.34. The average Bonchev–Trinajstić information content (AvgIpc) is 2.43. The maximum atomic E-state index is 5.17. The first-order chi connectivity index (χ1) is 9.08. The molecule has 4 heteroatoms. The third kappa shape index (κ3) is 4.81. The van der Waals surface area contributed by atoms with Crippen molar-refractivity contribution in [2.75, 3.05) is 34.8 Å². The summed E-state index contributed by atoms with van der Waals surface area (Å²) in [6.45, 7) is 3.15. The van der Waals surface area contributed by atoms with E-state index in [1.165, 1.54) is 5.56 Å². The van der Waals surface area contributed by atoms with E-state index < -0.39 is 0 Å². The fourth-order valence-electron chi connectivity index (χ4n) is 1.94. The highest BCUT2D eigenvalue weighted by Gasteiger charge is 2.06. The predicted molar refractivity (Wildman–Crippen MR) is 81.1 cm³/mol. The van der Waals surface area contributed by atoms with Crippen molar-refractivity contribution < 1.29 is 4.74 Å². The molecule has 1 N–H and O–H groups in total. The van der Waals surface area contributed by atoms with Crippen LogP contribution in [0.2, 0.25) is 0 Å². The molecule has 0 heterocycles. The number of ether oxygens (including phenoxy) is 1. The molecule has 0 radical (unpaired) electrons. The first kappa shape index (κ1) is 15.3. The Hall–Kier alpha value is -1.71. The summed E-state index contributed by atoms with van der Waals surface area (Å²) >= 11 is 0. The van der Waals surface area contributed by atoms with Gasteiger partial charge in [0.2, 0.25) is 0 Å². The maximum Gasteiger partial charge on any atom is 0.193 e. The molecule has 4 nitrogen and oxygen atoms in total. The minimum absolute atomic E-state index is 0.513. The SMILES string of the molecule is CN=C(NCCC(C)c1ccc(OC)cc1)N(C)C. The topological polar surface area (TPSA) is 36.9 Å². The average molecular weight is 263 g/mol. The Labute approximate surface area is 116 Å². The lowest BCUT2D eigenvalue weighted by Gasteiger charge is -2.18. The molecule has 1 aromatic carbocycles. The van der Waals surface area contributed by atoms with Crippen molar-refractivity contribution in [2.45, 2.75) is 19.3 Å². The Balaban J connectivity index is 2.44. The van der Waals surface area contributed by atoms with Crippen molar-refractivity contribution in [1.82, 2.24) is 10.2 Å². The molecule has 0 aromatic heterocycles. The van der Waals surface area contributed by atoms with Crippen LogP contribution in [0.1, 0.15) is 24.8 Å². The molecule has 0 saturated carbocycles. The van der Waals surface area contributed by atoms with Crippen LogP contribution < -0.4 is 10.1 Å². The zero-order valence-electron chi connectivity index (χ0n) is 12.6. The molecule has 0 spiro atoms. The molecule has 1 rings (SSSR count). The standard InChI is InChI=1S/C15H25N3O/c1-12(10-11-17-15(16-2)18(3)4)13-6-8-14(19-5)9-7-13/h6-9,12H,10-11H2,1-5H3,(H,16,17). The molecule has 0 amide bonds. The Morgan fingerprint density at radius 3 is 2.42 bits per heavy atom. The van der Waals surface area contributed by atoms with Crippen molar-refractivity contribution in [3.8, 4) is 5.75 Å². The normalized spacial score (nSPS) is 13.0. The highest BCUT2D eigenvalue weighted by atomic mass is 16.5. The van der Waals surface area contributed by atoms with Gasteiger partial charge in [-0.1, -0.05) is 19.1 Å². The van der Waals surface area contributed by atoms with Gasteiger partial charge < -0.3 is 15.0 Å². The smallest absolute Gasteiger partial charge is 0.193 e. The van der Waals surface area contributed by atoms with Gasteiger partial charge in [0.15, 0.2) is 5.96 Å². The first-order valence-corrected chi connectivity index (χ1v) is 6.60. The number of hydrogen-bond acceptors (Lipinski definition) is 2. The van der Waals surface area contributed by atoms with E-state index in [1.807, 2.05) is 31.1 Å². The van der Waals surface area contributed by atoms with Gasteiger partial charge in [-0.05, 0) is 30.0 Å². The van der Waals surface area contributed by atoms with Crippen LogP contribution in [0.25, 0.3) is 0 Å². The summed E-state index contributed by atoms with van der Waals surface area (Å²) < 4.78 is 5.17. The van der Waals surface area contributed by atoms with E-state index in [-0.39, 0.29) is 0 Å². The van der Waals surface area contributed by atoms with Crippen LogP contribution in [0.15, 0.2) is 29.3 Å². The minimum Gasteiger partial charge on any atom is -0.497 e. The second-order valence-corrected chi connectivity index (χ2v) is 4.83. The molecule has 0 fully saturated rings. The van der Waals surface area contributed by atoms with Crippen LogP contribution in [0.5, 0.6) is 5.75 Å². The van der Waals surface area contributed by atoms with E-state index in [1.54, 1.807) is 14.2 Å². The van der Waals surface area contributed by atoms with E-state index in [2.05, 4.69) is 29.4 Å². The van der Waals surface area contributed by atoms with Crippen LogP contribution in [0, 0.1) is 0 Å². The molecule has 0 aliphatic rings. The molecular formula is C15H25N3O. The molecule has 0 aliphatic heterocycles. The molecule has 0 saturated heterocycles. The third-order valence-electron chi connectivity index (χ3n) is 3.18. The van der Waals surface area contributed by atoms with E-state index in [0.717, 1.165) is 24.7 Å². The van der Waals surface area contributed by atoms with Gasteiger partial charge in [0.25, 0.3) is 0 Å². The fourth-order valence-corrected chi connectivity index (χ4v) is 1.94. The van der Waals surface area contributed by atoms with Crippen molar-refractivity contribution in [1.29, 1.82) is 0 Å². The highest BCUT2D eigenvalue weighted by Crippen LogP contribution is 2.21. The van der Waals surface area contributed by atoms with Crippen LogP contribution >= 0.6 is 0 Å². The zero-order valence-corrected chi connectivity index (χ0v) is 12.6. The summed E-state index contributed by atoms with van der Waals surface area (Å²) in [4.78, 5) is 6.18. The van der Waals surface area contributed by atoms with E-state index in [4.69, 9.17) is 4.74 Å². The van der Waals surface area contributed by atoms with E-state index in [9.17, 15) is 0 Å². The lowest BCUT2D eigenvalue weighted by atomic mass is 9.98. The second-order valence-electron chi connectivity index (χ2n) is 4.83. The minimum atomic E-state index is 0.513. The number of aliphatic imine (C=N–C) groups is 1. The molecule has 1 aromatic rings. The van der Waals surface area contributed by atoms with Gasteiger partial charge in [-0.25, -0.2) is 0 Å². The number of guanidine groups is 1. The maximum absolute atomic E-state index is 5.17. The van der Waals surface area contributed by atoms with Gasteiger partial charge in [-0.15, -0.1) is 0 Å². The Morgan fingerprint density at radius 1 is 1.32 bits per heavy atom. The van der Waals surface area contributed by atoms with Gasteiger partial charge >= 0.3 is 0 Å². The van der Waals surface area contributed by atoms with E-state index in [0.29, 0.717) is 5.92 Å². The summed E-state index contributed by atoms with van der Waals surface area (Å²) in [5.74, 6) is 2.34. The lowest BCUT2D eigenvalue weighted by molar-refractivity contribution is 0.414.